The molecule has 0 saturated heterocycles. The van der Waals surface area contributed by atoms with Crippen LogP contribution in [0.4, 0.5) is 0 Å². The highest BCUT2D eigenvalue weighted by molar-refractivity contribution is 5.06. The largest absolute Gasteiger partial charge is 0.470 e. The van der Waals surface area contributed by atoms with E-state index in [-0.39, 0.29) is 17.5 Å². The summed E-state index contributed by atoms with van der Waals surface area (Å²) in [5.74, 6) is 0.767. The summed E-state index contributed by atoms with van der Waals surface area (Å²) in [6, 6.07) is 0. The third kappa shape index (κ3) is 2.66. The van der Waals surface area contributed by atoms with Crippen molar-refractivity contribution in [3.05, 3.63) is 22.7 Å². The highest BCUT2D eigenvalue weighted by atomic mass is 16.5. The molecule has 5 nitrogen and oxygen atoms in total. The van der Waals surface area contributed by atoms with E-state index >= 15 is 0 Å². The molecule has 0 atom stereocenters. The van der Waals surface area contributed by atoms with Crippen LogP contribution in [0.2, 0.25) is 0 Å². The predicted octanol–water partition coefficient (Wildman–Crippen LogP) is 0.769. The summed E-state index contributed by atoms with van der Waals surface area (Å²) < 4.78 is 7.24. The summed E-state index contributed by atoms with van der Waals surface area (Å²) in [5.41, 5.74) is 5.41. The molecule has 0 aromatic carbocycles. The van der Waals surface area contributed by atoms with E-state index < -0.39 is 0 Å². The maximum atomic E-state index is 11.9. The number of rotatable bonds is 5. The van der Waals surface area contributed by atoms with Crippen molar-refractivity contribution >= 4 is 0 Å². The van der Waals surface area contributed by atoms with Crippen molar-refractivity contribution in [3.63, 3.8) is 0 Å². The molecule has 2 N–H and O–H groups in total. The van der Waals surface area contributed by atoms with Gasteiger partial charge in [-0.15, -0.1) is 0 Å². The van der Waals surface area contributed by atoms with Crippen molar-refractivity contribution < 1.29 is 4.74 Å². The van der Waals surface area contributed by atoms with Crippen molar-refractivity contribution in [2.75, 3.05) is 6.54 Å². The van der Waals surface area contributed by atoms with Gasteiger partial charge in [0.2, 0.25) is 0 Å². The summed E-state index contributed by atoms with van der Waals surface area (Å²) >= 11 is 0. The van der Waals surface area contributed by atoms with E-state index in [4.69, 9.17) is 10.5 Å². The molecule has 0 spiro atoms. The fourth-order valence-electron chi connectivity index (χ4n) is 2.05. The van der Waals surface area contributed by atoms with Crippen LogP contribution in [0.25, 0.3) is 0 Å². The van der Waals surface area contributed by atoms with Crippen molar-refractivity contribution in [1.29, 1.82) is 0 Å². The first-order chi connectivity index (χ1) is 8.24. The number of hydrogen-bond acceptors (Lipinski definition) is 4. The predicted molar refractivity (Wildman–Crippen MR) is 65.0 cm³/mol. The van der Waals surface area contributed by atoms with Gasteiger partial charge in [-0.1, -0.05) is 6.92 Å². The van der Waals surface area contributed by atoms with Crippen LogP contribution in [-0.2, 0) is 6.54 Å². The fraction of sp³-hybridized carbons (Fsp3) is 0.667. The summed E-state index contributed by atoms with van der Waals surface area (Å²) in [5, 5.41) is 0. The Morgan fingerprint density at radius 2 is 2.35 bits per heavy atom. The molecule has 2 rings (SSSR count). The monoisotopic (exact) mass is 237 g/mol. The van der Waals surface area contributed by atoms with E-state index in [2.05, 4.69) is 4.98 Å². The Morgan fingerprint density at radius 1 is 1.59 bits per heavy atom. The Hall–Kier alpha value is -1.36. The Morgan fingerprint density at radius 3 is 3.00 bits per heavy atom. The standard InChI is InChI=1S/C12H19N3O2/c1-2-4-15-5-3-14-11(12(15)16)17-10-6-9(7-10)8-13/h3,5,9-10H,2,4,6-8,13H2,1H3. The second kappa shape index (κ2) is 5.31. The van der Waals surface area contributed by atoms with Gasteiger partial charge in [-0.05, 0) is 31.7 Å². The van der Waals surface area contributed by atoms with E-state index in [1.54, 1.807) is 17.0 Å². The second-order valence-corrected chi connectivity index (χ2v) is 4.54. The molecule has 1 saturated carbocycles. The van der Waals surface area contributed by atoms with Crippen LogP contribution in [0.1, 0.15) is 26.2 Å². The van der Waals surface area contributed by atoms with Gasteiger partial charge in [-0.2, -0.15) is 0 Å². The number of nitrogens with two attached hydrogens (primary N) is 1. The molecule has 5 heteroatoms. The molecule has 17 heavy (non-hydrogen) atoms. The molecule has 94 valence electrons. The molecule has 1 aromatic heterocycles. The molecular formula is C12H19N3O2. The third-order valence-corrected chi connectivity index (χ3v) is 3.15. The normalized spacial score (nSPS) is 23.2. The smallest absolute Gasteiger partial charge is 0.313 e. The molecule has 0 aliphatic heterocycles. The van der Waals surface area contributed by atoms with Crippen LogP contribution in [-0.4, -0.2) is 22.2 Å². The highest BCUT2D eigenvalue weighted by Gasteiger charge is 2.30. The topological polar surface area (TPSA) is 70.1 Å². The molecule has 1 aromatic rings. The van der Waals surface area contributed by atoms with Crippen molar-refractivity contribution in [3.8, 4) is 5.88 Å². The van der Waals surface area contributed by atoms with Crippen LogP contribution in [0.3, 0.4) is 0 Å². The maximum absolute atomic E-state index is 11.9. The second-order valence-electron chi connectivity index (χ2n) is 4.54. The van der Waals surface area contributed by atoms with Crippen LogP contribution < -0.4 is 16.0 Å². The van der Waals surface area contributed by atoms with Crippen molar-refractivity contribution in [2.45, 2.75) is 38.8 Å². The summed E-state index contributed by atoms with van der Waals surface area (Å²) in [7, 11) is 0. The minimum atomic E-state index is -0.134. The minimum absolute atomic E-state index is 0.112. The first kappa shape index (κ1) is 12.1. The molecule has 1 aliphatic carbocycles. The van der Waals surface area contributed by atoms with Gasteiger partial charge in [0.1, 0.15) is 6.10 Å². The Kier molecular flexibility index (Phi) is 3.78. The number of nitrogens with zero attached hydrogens (tertiary/aromatic N) is 2. The first-order valence-corrected chi connectivity index (χ1v) is 6.16. The number of hydrogen-bond donors (Lipinski definition) is 1. The first-order valence-electron chi connectivity index (χ1n) is 6.16. The summed E-state index contributed by atoms with van der Waals surface area (Å²) in [4.78, 5) is 15.9. The summed E-state index contributed by atoms with van der Waals surface area (Å²) in [6.45, 7) is 3.43. The molecule has 1 fully saturated rings. The molecule has 0 amide bonds. The zero-order valence-corrected chi connectivity index (χ0v) is 10.1. The van der Waals surface area contributed by atoms with E-state index in [1.165, 1.54) is 0 Å². The quantitative estimate of drug-likeness (QED) is 0.821. The molecule has 1 aliphatic rings. The average molecular weight is 237 g/mol. The van der Waals surface area contributed by atoms with Crippen molar-refractivity contribution in [1.82, 2.24) is 9.55 Å². The Balaban J connectivity index is 2.02. The van der Waals surface area contributed by atoms with Gasteiger partial charge in [-0.3, -0.25) is 4.79 Å². The van der Waals surface area contributed by atoms with Gasteiger partial charge in [0.25, 0.3) is 5.88 Å². The number of aromatic nitrogens is 2. The average Bonchev–Trinajstić information content (AvgIpc) is 2.27. The maximum Gasteiger partial charge on any atom is 0.313 e. The van der Waals surface area contributed by atoms with E-state index in [1.807, 2.05) is 6.92 Å². The van der Waals surface area contributed by atoms with Crippen LogP contribution in [0, 0.1) is 5.92 Å². The van der Waals surface area contributed by atoms with Gasteiger partial charge in [-0.25, -0.2) is 4.98 Å². The Bertz CT molecular complexity index is 424. The van der Waals surface area contributed by atoms with Crippen LogP contribution >= 0.6 is 0 Å². The number of aryl methyl sites for hydroxylation is 1. The molecular weight excluding hydrogens is 218 g/mol. The van der Waals surface area contributed by atoms with Gasteiger partial charge < -0.3 is 15.0 Å². The minimum Gasteiger partial charge on any atom is -0.470 e. The summed E-state index contributed by atoms with van der Waals surface area (Å²) in [6.07, 6.45) is 6.21. The lowest BCUT2D eigenvalue weighted by atomic mass is 9.82. The van der Waals surface area contributed by atoms with Crippen LogP contribution in [0.5, 0.6) is 5.88 Å². The van der Waals surface area contributed by atoms with Gasteiger partial charge >= 0.3 is 5.56 Å². The fourth-order valence-corrected chi connectivity index (χ4v) is 2.05. The molecule has 0 radical (unpaired) electrons. The lowest BCUT2D eigenvalue weighted by molar-refractivity contribution is 0.0627. The van der Waals surface area contributed by atoms with Crippen LogP contribution in [0.15, 0.2) is 17.2 Å². The molecule has 1 heterocycles. The lowest BCUT2D eigenvalue weighted by Gasteiger charge is -2.33. The number of ether oxygens (including phenoxy) is 1. The SMILES string of the molecule is CCCn1ccnc(OC2CC(CN)C2)c1=O. The van der Waals surface area contributed by atoms with Gasteiger partial charge in [0.15, 0.2) is 0 Å². The van der Waals surface area contributed by atoms with E-state index in [0.29, 0.717) is 19.0 Å². The third-order valence-electron chi connectivity index (χ3n) is 3.15. The zero-order chi connectivity index (χ0) is 12.3. The molecule has 0 bridgehead atoms. The lowest BCUT2D eigenvalue weighted by Crippen LogP contribution is -2.39. The van der Waals surface area contributed by atoms with E-state index in [0.717, 1.165) is 19.3 Å². The zero-order valence-electron chi connectivity index (χ0n) is 10.1. The van der Waals surface area contributed by atoms with Gasteiger partial charge in [0, 0.05) is 18.9 Å². The van der Waals surface area contributed by atoms with Gasteiger partial charge in [0.05, 0.1) is 0 Å². The van der Waals surface area contributed by atoms with Crippen molar-refractivity contribution in [2.24, 2.45) is 11.7 Å². The highest BCUT2D eigenvalue weighted by Crippen LogP contribution is 2.28. The van der Waals surface area contributed by atoms with E-state index in [9.17, 15) is 4.79 Å². The Labute approximate surface area is 101 Å². The molecule has 0 unspecified atom stereocenters.